The van der Waals surface area contributed by atoms with Gasteiger partial charge in [0.25, 0.3) is 5.91 Å². The predicted octanol–water partition coefficient (Wildman–Crippen LogP) is 3.66. The summed E-state index contributed by atoms with van der Waals surface area (Å²) in [7, 11) is 0. The number of carbonyl (C=O) groups is 2. The number of nitrogens with one attached hydrogen (secondary N) is 2. The summed E-state index contributed by atoms with van der Waals surface area (Å²) in [5.41, 5.74) is 1.42. The van der Waals surface area contributed by atoms with Gasteiger partial charge in [-0.05, 0) is 22.9 Å². The number of thiophene rings is 1. The Morgan fingerprint density at radius 1 is 1.00 bits per heavy atom. The first-order valence-corrected chi connectivity index (χ1v) is 8.26. The topological polar surface area (TPSA) is 58.2 Å². The van der Waals surface area contributed by atoms with Gasteiger partial charge in [-0.3, -0.25) is 9.59 Å². The molecule has 116 valence electrons. The maximum Gasteiger partial charge on any atom is 0.252 e. The van der Waals surface area contributed by atoms with E-state index >= 15 is 0 Å². The summed E-state index contributed by atoms with van der Waals surface area (Å²) < 4.78 is 0. The van der Waals surface area contributed by atoms with Gasteiger partial charge in [-0.1, -0.05) is 36.4 Å². The van der Waals surface area contributed by atoms with E-state index in [1.807, 2.05) is 47.8 Å². The molecule has 0 radical (unpaired) electrons. The predicted molar refractivity (Wildman–Crippen MR) is 93.8 cm³/mol. The van der Waals surface area contributed by atoms with Gasteiger partial charge in [-0.15, -0.1) is 0 Å². The minimum absolute atomic E-state index is 0.119. The fourth-order valence-corrected chi connectivity index (χ4v) is 2.97. The minimum Gasteiger partial charge on any atom is -0.351 e. The molecule has 0 saturated carbocycles. The van der Waals surface area contributed by atoms with Crippen LogP contribution in [0.15, 0.2) is 59.3 Å². The molecule has 3 rings (SSSR count). The molecule has 0 aliphatic rings. The van der Waals surface area contributed by atoms with Gasteiger partial charge in [0, 0.05) is 35.0 Å². The molecular weight excluding hydrogens is 308 g/mol. The van der Waals surface area contributed by atoms with Crippen molar-refractivity contribution in [2.24, 2.45) is 0 Å². The Balaban J connectivity index is 1.56. The summed E-state index contributed by atoms with van der Waals surface area (Å²) in [6, 6.07) is 15.4. The van der Waals surface area contributed by atoms with Crippen molar-refractivity contribution in [3.05, 3.63) is 64.9 Å². The average Bonchev–Trinajstić information content (AvgIpc) is 3.10. The van der Waals surface area contributed by atoms with Crippen molar-refractivity contribution in [2.75, 3.05) is 11.9 Å². The third-order valence-corrected chi connectivity index (χ3v) is 4.17. The van der Waals surface area contributed by atoms with Gasteiger partial charge in [0.05, 0.1) is 0 Å². The molecule has 0 aliphatic carbocycles. The highest BCUT2D eigenvalue weighted by atomic mass is 32.1. The van der Waals surface area contributed by atoms with Crippen LogP contribution in [0.3, 0.4) is 0 Å². The zero-order chi connectivity index (χ0) is 16.1. The third-order valence-electron chi connectivity index (χ3n) is 3.48. The van der Waals surface area contributed by atoms with E-state index in [2.05, 4.69) is 10.6 Å². The molecule has 0 bridgehead atoms. The van der Waals surface area contributed by atoms with Gasteiger partial charge in [-0.2, -0.15) is 11.3 Å². The Hall–Kier alpha value is -2.66. The van der Waals surface area contributed by atoms with E-state index in [1.54, 1.807) is 11.4 Å². The van der Waals surface area contributed by atoms with Crippen molar-refractivity contribution >= 4 is 39.6 Å². The first-order chi connectivity index (χ1) is 11.2. The molecular formula is C18H16N2O2S. The Morgan fingerprint density at radius 3 is 2.65 bits per heavy atom. The summed E-state index contributed by atoms with van der Waals surface area (Å²) >= 11 is 1.47. The fourth-order valence-electron chi connectivity index (χ4n) is 2.33. The molecule has 2 amide bonds. The molecule has 1 heterocycles. The van der Waals surface area contributed by atoms with Crippen LogP contribution in [0, 0.1) is 0 Å². The molecule has 5 heteroatoms. The second kappa shape index (κ2) is 7.07. The molecule has 0 unspecified atom stereocenters. The lowest BCUT2D eigenvalue weighted by Crippen LogP contribution is -2.27. The largest absolute Gasteiger partial charge is 0.351 e. The number of rotatable bonds is 5. The lowest BCUT2D eigenvalue weighted by molar-refractivity contribution is -0.116. The molecule has 0 spiro atoms. The number of benzene rings is 2. The van der Waals surface area contributed by atoms with Gasteiger partial charge in [0.1, 0.15) is 0 Å². The van der Waals surface area contributed by atoms with Crippen LogP contribution in [0.1, 0.15) is 16.8 Å². The molecule has 23 heavy (non-hydrogen) atoms. The molecule has 2 aromatic carbocycles. The lowest BCUT2D eigenvalue weighted by Gasteiger charge is -2.09. The average molecular weight is 324 g/mol. The first kappa shape index (κ1) is 15.2. The number of amides is 2. The van der Waals surface area contributed by atoms with E-state index in [9.17, 15) is 9.59 Å². The normalized spacial score (nSPS) is 10.4. The van der Waals surface area contributed by atoms with Gasteiger partial charge in [-0.25, -0.2) is 0 Å². The van der Waals surface area contributed by atoms with Crippen LogP contribution in [-0.2, 0) is 4.79 Å². The molecule has 1 aromatic heterocycles. The number of carbonyl (C=O) groups excluding carboxylic acids is 2. The van der Waals surface area contributed by atoms with E-state index in [0.29, 0.717) is 12.1 Å². The highest BCUT2D eigenvalue weighted by Crippen LogP contribution is 2.22. The Kier molecular flexibility index (Phi) is 4.68. The zero-order valence-electron chi connectivity index (χ0n) is 12.4. The molecule has 0 fully saturated rings. The third kappa shape index (κ3) is 3.76. The van der Waals surface area contributed by atoms with E-state index in [4.69, 9.17) is 0 Å². The van der Waals surface area contributed by atoms with Crippen molar-refractivity contribution in [1.29, 1.82) is 0 Å². The van der Waals surface area contributed by atoms with Gasteiger partial charge in [0.2, 0.25) is 5.91 Å². The Morgan fingerprint density at radius 2 is 1.83 bits per heavy atom. The van der Waals surface area contributed by atoms with Crippen molar-refractivity contribution in [3.63, 3.8) is 0 Å². The van der Waals surface area contributed by atoms with Crippen LogP contribution in [0.2, 0.25) is 0 Å². The first-order valence-electron chi connectivity index (χ1n) is 7.32. The Labute approximate surface area is 138 Å². The molecule has 4 nitrogen and oxygen atoms in total. The smallest absolute Gasteiger partial charge is 0.252 e. The van der Waals surface area contributed by atoms with Crippen LogP contribution in [0.25, 0.3) is 10.8 Å². The maximum absolute atomic E-state index is 12.1. The summed E-state index contributed by atoms with van der Waals surface area (Å²) in [6.07, 6.45) is 0.235. The zero-order valence-corrected chi connectivity index (χ0v) is 13.2. The molecule has 0 atom stereocenters. The second-order valence-corrected chi connectivity index (χ2v) is 5.87. The minimum atomic E-state index is -0.149. The maximum atomic E-state index is 12.1. The van der Waals surface area contributed by atoms with Crippen molar-refractivity contribution in [2.45, 2.75) is 6.42 Å². The number of anilines is 1. The van der Waals surface area contributed by atoms with E-state index < -0.39 is 0 Å². The van der Waals surface area contributed by atoms with Crippen LogP contribution in [-0.4, -0.2) is 18.4 Å². The Bertz CT molecular complexity index is 823. The standard InChI is InChI=1S/C18H16N2O2S/c21-17(8-10-19-18(22)14-9-11-23-12-14)20-16-7-3-5-13-4-1-2-6-15(13)16/h1-7,9,11-12H,8,10H2,(H,19,22)(H,20,21). The summed E-state index contributed by atoms with van der Waals surface area (Å²) in [4.78, 5) is 23.8. The van der Waals surface area contributed by atoms with Gasteiger partial charge < -0.3 is 10.6 Å². The summed E-state index contributed by atoms with van der Waals surface area (Å²) in [5.74, 6) is -0.267. The van der Waals surface area contributed by atoms with Crippen molar-refractivity contribution in [3.8, 4) is 0 Å². The summed E-state index contributed by atoms with van der Waals surface area (Å²) in [5, 5.41) is 11.4. The van der Waals surface area contributed by atoms with E-state index in [0.717, 1.165) is 16.5 Å². The van der Waals surface area contributed by atoms with E-state index in [1.165, 1.54) is 11.3 Å². The van der Waals surface area contributed by atoms with E-state index in [-0.39, 0.29) is 18.2 Å². The second-order valence-electron chi connectivity index (χ2n) is 5.09. The molecule has 2 N–H and O–H groups in total. The van der Waals surface area contributed by atoms with Gasteiger partial charge >= 0.3 is 0 Å². The van der Waals surface area contributed by atoms with Crippen molar-refractivity contribution in [1.82, 2.24) is 5.32 Å². The lowest BCUT2D eigenvalue weighted by atomic mass is 10.1. The SMILES string of the molecule is O=C(CCNC(=O)c1ccsc1)Nc1cccc2ccccc12. The highest BCUT2D eigenvalue weighted by Gasteiger charge is 2.08. The monoisotopic (exact) mass is 324 g/mol. The van der Waals surface area contributed by atoms with Crippen LogP contribution in [0.4, 0.5) is 5.69 Å². The molecule has 0 aliphatic heterocycles. The highest BCUT2D eigenvalue weighted by molar-refractivity contribution is 7.08. The number of hydrogen-bond donors (Lipinski definition) is 2. The van der Waals surface area contributed by atoms with Crippen LogP contribution >= 0.6 is 11.3 Å². The molecule has 0 saturated heterocycles. The van der Waals surface area contributed by atoms with Crippen molar-refractivity contribution < 1.29 is 9.59 Å². The fraction of sp³-hybridized carbons (Fsp3) is 0.111. The van der Waals surface area contributed by atoms with Crippen LogP contribution < -0.4 is 10.6 Å². The summed E-state index contributed by atoms with van der Waals surface area (Å²) in [6.45, 7) is 0.311. The quantitative estimate of drug-likeness (QED) is 0.752. The number of fused-ring (bicyclic) bond motifs is 1. The van der Waals surface area contributed by atoms with Crippen LogP contribution in [0.5, 0.6) is 0 Å². The number of hydrogen-bond acceptors (Lipinski definition) is 3. The molecule has 3 aromatic rings. The van der Waals surface area contributed by atoms with Gasteiger partial charge in [0.15, 0.2) is 0 Å².